The summed E-state index contributed by atoms with van der Waals surface area (Å²) in [5.41, 5.74) is 6.49. The van der Waals surface area contributed by atoms with Gasteiger partial charge in [-0.1, -0.05) is 18.2 Å². The van der Waals surface area contributed by atoms with Crippen LogP contribution in [-0.4, -0.2) is 9.97 Å². The molecule has 0 atom stereocenters. The number of hydrogen-bond acceptors (Lipinski definition) is 4. The number of pyridine rings is 2. The quantitative estimate of drug-likeness (QED) is 0.320. The fourth-order valence-electron chi connectivity index (χ4n) is 3.37. The maximum absolute atomic E-state index is 5.30. The molecule has 6 rings (SSSR count). The predicted octanol–water partition coefficient (Wildman–Crippen LogP) is 6.99. The summed E-state index contributed by atoms with van der Waals surface area (Å²) < 4.78 is 10.6. The van der Waals surface area contributed by atoms with Crippen molar-refractivity contribution < 1.29 is 8.83 Å². The molecule has 6 aromatic rings. The molecule has 0 saturated carbocycles. The Morgan fingerprint density at radius 1 is 0.500 bits per heavy atom. The van der Waals surface area contributed by atoms with Gasteiger partial charge in [0.2, 0.25) is 0 Å². The van der Waals surface area contributed by atoms with Crippen molar-refractivity contribution in [2.45, 2.75) is 0 Å². The zero-order chi connectivity index (χ0) is 20.2. The molecule has 144 valence electrons. The number of nitrogens with zero attached hydrogens (tertiary/aromatic N) is 2. The van der Waals surface area contributed by atoms with Crippen LogP contribution < -0.4 is 0 Å². The molecule has 0 aliphatic heterocycles. The van der Waals surface area contributed by atoms with Gasteiger partial charge in [0.05, 0.1) is 12.5 Å². The van der Waals surface area contributed by atoms with Crippen molar-refractivity contribution in [2.75, 3.05) is 0 Å². The molecule has 0 unspecified atom stereocenters. The molecule has 0 spiro atoms. The molecule has 4 aromatic heterocycles. The van der Waals surface area contributed by atoms with Crippen molar-refractivity contribution >= 4 is 21.9 Å². The molecular formula is C26H18N2O2. The van der Waals surface area contributed by atoms with Gasteiger partial charge in [-0.3, -0.25) is 9.97 Å². The van der Waals surface area contributed by atoms with E-state index in [0.717, 1.165) is 33.1 Å². The summed E-state index contributed by atoms with van der Waals surface area (Å²) in [5.74, 6) is 0. The first-order valence-corrected chi connectivity index (χ1v) is 9.62. The summed E-state index contributed by atoms with van der Waals surface area (Å²) in [7, 11) is 0. The lowest BCUT2D eigenvalue weighted by Gasteiger charge is -2.00. The first-order chi connectivity index (χ1) is 14.9. The largest absolute Gasteiger partial charge is 0.464 e. The Balaban J connectivity index is 0.000000128. The van der Waals surface area contributed by atoms with Crippen molar-refractivity contribution in [2.24, 2.45) is 0 Å². The van der Waals surface area contributed by atoms with Crippen LogP contribution in [0.4, 0.5) is 0 Å². The standard InChI is InChI=1S/2C13H9NO/c1-2-13-12(5-8-15-13)9-11(1)10-3-6-14-7-4-10;1-2-12(9-14-6-1)10-3-4-13-11(8-10)5-7-15-13/h2*1-9H. The molecule has 4 heterocycles. The minimum atomic E-state index is 0.919. The maximum Gasteiger partial charge on any atom is 0.133 e. The first kappa shape index (κ1) is 17.9. The summed E-state index contributed by atoms with van der Waals surface area (Å²) in [6, 6.07) is 24.2. The highest BCUT2D eigenvalue weighted by molar-refractivity contribution is 5.84. The van der Waals surface area contributed by atoms with Gasteiger partial charge >= 0.3 is 0 Å². The highest BCUT2D eigenvalue weighted by Crippen LogP contribution is 2.25. The topological polar surface area (TPSA) is 52.1 Å². The van der Waals surface area contributed by atoms with E-state index in [4.69, 9.17) is 8.83 Å². The zero-order valence-corrected chi connectivity index (χ0v) is 16.1. The molecule has 4 heteroatoms. The maximum atomic E-state index is 5.30. The number of aromatic nitrogens is 2. The third kappa shape index (κ3) is 3.71. The van der Waals surface area contributed by atoms with E-state index in [9.17, 15) is 0 Å². The lowest BCUT2D eigenvalue weighted by molar-refractivity contribution is 0.615. The van der Waals surface area contributed by atoms with Crippen molar-refractivity contribution in [3.05, 3.63) is 110 Å². The second-order valence-corrected chi connectivity index (χ2v) is 6.82. The third-order valence-electron chi connectivity index (χ3n) is 4.91. The molecule has 0 N–H and O–H groups in total. The molecular weight excluding hydrogens is 372 g/mol. The van der Waals surface area contributed by atoms with E-state index in [2.05, 4.69) is 28.2 Å². The molecule has 4 nitrogen and oxygen atoms in total. The van der Waals surface area contributed by atoms with E-state index in [1.54, 1.807) is 31.1 Å². The molecule has 0 bridgehead atoms. The van der Waals surface area contributed by atoms with Crippen molar-refractivity contribution in [1.82, 2.24) is 9.97 Å². The van der Waals surface area contributed by atoms with Crippen LogP contribution in [0.2, 0.25) is 0 Å². The van der Waals surface area contributed by atoms with Gasteiger partial charge in [0, 0.05) is 41.1 Å². The van der Waals surface area contributed by atoms with Gasteiger partial charge in [-0.15, -0.1) is 0 Å². The van der Waals surface area contributed by atoms with Gasteiger partial charge in [-0.25, -0.2) is 0 Å². The van der Waals surface area contributed by atoms with Crippen LogP contribution in [0.25, 0.3) is 44.2 Å². The molecule has 0 aliphatic rings. The second kappa shape index (κ2) is 8.05. The Hall–Kier alpha value is -4.18. The zero-order valence-electron chi connectivity index (χ0n) is 16.1. The Labute approximate surface area is 173 Å². The lowest BCUT2D eigenvalue weighted by Crippen LogP contribution is -1.78. The summed E-state index contributed by atoms with van der Waals surface area (Å²) in [5, 5.41) is 2.25. The fourth-order valence-corrected chi connectivity index (χ4v) is 3.37. The van der Waals surface area contributed by atoms with Crippen molar-refractivity contribution in [3.8, 4) is 22.3 Å². The van der Waals surface area contributed by atoms with Crippen molar-refractivity contribution in [3.63, 3.8) is 0 Å². The van der Waals surface area contributed by atoms with Gasteiger partial charge in [-0.05, 0) is 71.3 Å². The Bertz CT molecular complexity index is 1280. The van der Waals surface area contributed by atoms with Gasteiger partial charge in [0.25, 0.3) is 0 Å². The summed E-state index contributed by atoms with van der Waals surface area (Å²) in [6.45, 7) is 0. The van der Waals surface area contributed by atoms with Crippen LogP contribution >= 0.6 is 0 Å². The minimum Gasteiger partial charge on any atom is -0.464 e. The van der Waals surface area contributed by atoms with E-state index in [0.29, 0.717) is 0 Å². The molecule has 0 fully saturated rings. The lowest BCUT2D eigenvalue weighted by atomic mass is 10.1. The summed E-state index contributed by atoms with van der Waals surface area (Å²) >= 11 is 0. The van der Waals surface area contributed by atoms with Crippen LogP contribution in [0.1, 0.15) is 0 Å². The van der Waals surface area contributed by atoms with Crippen LogP contribution in [0.5, 0.6) is 0 Å². The van der Waals surface area contributed by atoms with Crippen LogP contribution in [0, 0.1) is 0 Å². The predicted molar refractivity (Wildman–Crippen MR) is 119 cm³/mol. The van der Waals surface area contributed by atoms with E-state index >= 15 is 0 Å². The van der Waals surface area contributed by atoms with Crippen LogP contribution in [0.3, 0.4) is 0 Å². The van der Waals surface area contributed by atoms with Gasteiger partial charge < -0.3 is 8.83 Å². The minimum absolute atomic E-state index is 0.919. The average molecular weight is 390 g/mol. The highest BCUT2D eigenvalue weighted by Gasteiger charge is 2.01. The van der Waals surface area contributed by atoms with Crippen molar-refractivity contribution in [1.29, 1.82) is 0 Å². The van der Waals surface area contributed by atoms with Gasteiger partial charge in [0.1, 0.15) is 11.2 Å². The first-order valence-electron chi connectivity index (χ1n) is 9.62. The molecule has 2 aromatic carbocycles. The molecule has 0 amide bonds. The van der Waals surface area contributed by atoms with Gasteiger partial charge in [0.15, 0.2) is 0 Å². The smallest absolute Gasteiger partial charge is 0.133 e. The Kier molecular flexibility index (Phi) is 4.80. The highest BCUT2D eigenvalue weighted by atomic mass is 16.3. The van der Waals surface area contributed by atoms with E-state index in [-0.39, 0.29) is 0 Å². The molecule has 0 saturated heterocycles. The number of fused-ring (bicyclic) bond motifs is 2. The number of benzene rings is 2. The third-order valence-corrected chi connectivity index (χ3v) is 4.91. The van der Waals surface area contributed by atoms with E-state index in [1.807, 2.05) is 60.8 Å². The van der Waals surface area contributed by atoms with E-state index < -0.39 is 0 Å². The monoisotopic (exact) mass is 390 g/mol. The molecule has 0 aliphatic carbocycles. The number of furan rings is 2. The normalized spacial score (nSPS) is 10.7. The van der Waals surface area contributed by atoms with Crippen LogP contribution in [0.15, 0.2) is 119 Å². The number of hydrogen-bond donors (Lipinski definition) is 0. The fraction of sp³-hybridized carbons (Fsp3) is 0. The van der Waals surface area contributed by atoms with E-state index in [1.165, 1.54) is 11.1 Å². The summed E-state index contributed by atoms with van der Waals surface area (Å²) in [6.07, 6.45) is 10.7. The second-order valence-electron chi connectivity index (χ2n) is 6.82. The van der Waals surface area contributed by atoms with Gasteiger partial charge in [-0.2, -0.15) is 0 Å². The average Bonchev–Trinajstić information content (AvgIpc) is 3.49. The summed E-state index contributed by atoms with van der Waals surface area (Å²) in [4.78, 5) is 8.11. The Morgan fingerprint density at radius 2 is 1.13 bits per heavy atom. The SMILES string of the molecule is c1cc(-c2ccc3occc3c2)ccn1.c1cncc(-c2ccc3occc3c2)c1. The molecule has 30 heavy (non-hydrogen) atoms. The Morgan fingerprint density at radius 3 is 1.73 bits per heavy atom. The number of rotatable bonds is 2. The molecule has 0 radical (unpaired) electrons. The van der Waals surface area contributed by atoms with Crippen LogP contribution in [-0.2, 0) is 0 Å².